The van der Waals surface area contributed by atoms with Crippen LogP contribution in [0.3, 0.4) is 0 Å². The molecular formula is C16H23N3S. The minimum atomic E-state index is 0.0207. The number of aromatic nitrogens is 1. The Morgan fingerprint density at radius 2 is 2.00 bits per heavy atom. The first-order valence-corrected chi connectivity index (χ1v) is 8.12. The summed E-state index contributed by atoms with van der Waals surface area (Å²) in [6, 6.07) is 10.2. The maximum atomic E-state index is 6.25. The van der Waals surface area contributed by atoms with E-state index in [-0.39, 0.29) is 6.04 Å². The number of thiazole rings is 1. The van der Waals surface area contributed by atoms with E-state index < -0.39 is 0 Å². The zero-order valence-corrected chi connectivity index (χ0v) is 13.1. The van der Waals surface area contributed by atoms with Crippen LogP contribution in [0.2, 0.25) is 0 Å². The summed E-state index contributed by atoms with van der Waals surface area (Å²) in [5.74, 6) is 0. The van der Waals surface area contributed by atoms with Crippen LogP contribution in [0.25, 0.3) is 0 Å². The Bertz CT molecular complexity index is 509. The highest BCUT2D eigenvalue weighted by molar-refractivity contribution is 7.13. The van der Waals surface area contributed by atoms with E-state index in [0.717, 1.165) is 36.8 Å². The third-order valence-corrected chi connectivity index (χ3v) is 4.29. The normalized spacial score (nSPS) is 12.3. The molecule has 1 unspecified atom stereocenters. The van der Waals surface area contributed by atoms with Gasteiger partial charge in [-0.25, -0.2) is 4.98 Å². The molecule has 0 bridgehead atoms. The molecule has 0 saturated heterocycles. The second-order valence-electron chi connectivity index (χ2n) is 4.92. The van der Waals surface area contributed by atoms with Crippen LogP contribution in [0.5, 0.6) is 0 Å². The van der Waals surface area contributed by atoms with Crippen molar-refractivity contribution in [1.29, 1.82) is 0 Å². The van der Waals surface area contributed by atoms with E-state index in [9.17, 15) is 0 Å². The molecule has 1 atom stereocenters. The van der Waals surface area contributed by atoms with Crippen molar-refractivity contribution in [2.24, 2.45) is 5.73 Å². The summed E-state index contributed by atoms with van der Waals surface area (Å²) in [6.45, 7) is 6.44. The fourth-order valence-corrected chi connectivity index (χ4v) is 3.17. The van der Waals surface area contributed by atoms with E-state index in [4.69, 9.17) is 10.7 Å². The molecule has 108 valence electrons. The van der Waals surface area contributed by atoms with Crippen molar-refractivity contribution >= 4 is 16.5 Å². The van der Waals surface area contributed by atoms with E-state index in [1.54, 1.807) is 11.3 Å². The van der Waals surface area contributed by atoms with E-state index in [1.807, 2.05) is 18.2 Å². The van der Waals surface area contributed by atoms with Crippen LogP contribution >= 0.6 is 11.3 Å². The van der Waals surface area contributed by atoms with E-state index >= 15 is 0 Å². The van der Waals surface area contributed by atoms with Crippen molar-refractivity contribution < 1.29 is 0 Å². The summed E-state index contributed by atoms with van der Waals surface area (Å²) in [5.41, 5.74) is 8.52. The molecule has 2 rings (SSSR count). The van der Waals surface area contributed by atoms with Gasteiger partial charge < -0.3 is 10.6 Å². The van der Waals surface area contributed by atoms with Crippen LogP contribution < -0.4 is 10.6 Å². The van der Waals surface area contributed by atoms with Crippen LogP contribution in [0.15, 0.2) is 35.7 Å². The zero-order valence-electron chi connectivity index (χ0n) is 12.2. The molecule has 3 nitrogen and oxygen atoms in total. The summed E-state index contributed by atoms with van der Waals surface area (Å²) in [6.07, 6.45) is 1.94. The maximum absolute atomic E-state index is 6.25. The second kappa shape index (κ2) is 7.41. The smallest absolute Gasteiger partial charge is 0.185 e. The number of hydrogen-bond acceptors (Lipinski definition) is 4. The Hall–Kier alpha value is -1.39. The first kappa shape index (κ1) is 15.0. The predicted molar refractivity (Wildman–Crippen MR) is 87.4 cm³/mol. The summed E-state index contributed by atoms with van der Waals surface area (Å²) in [4.78, 5) is 7.05. The molecule has 0 amide bonds. The van der Waals surface area contributed by atoms with E-state index in [2.05, 4.69) is 36.3 Å². The molecule has 1 aromatic heterocycles. The number of nitrogens with two attached hydrogens (primary N) is 1. The molecule has 0 radical (unpaired) electrons. The zero-order chi connectivity index (χ0) is 14.4. The molecule has 0 spiro atoms. The molecule has 1 heterocycles. The van der Waals surface area contributed by atoms with Crippen molar-refractivity contribution in [2.75, 3.05) is 18.0 Å². The van der Waals surface area contributed by atoms with Gasteiger partial charge in [-0.15, -0.1) is 11.3 Å². The molecule has 20 heavy (non-hydrogen) atoms. The lowest BCUT2D eigenvalue weighted by molar-refractivity contribution is 0.707. The number of rotatable bonds is 7. The van der Waals surface area contributed by atoms with Gasteiger partial charge in [0.1, 0.15) is 0 Å². The third kappa shape index (κ3) is 3.81. The van der Waals surface area contributed by atoms with Crippen LogP contribution in [0.4, 0.5) is 5.13 Å². The Morgan fingerprint density at radius 1 is 1.25 bits per heavy atom. The number of hydrogen-bond donors (Lipinski definition) is 1. The number of nitrogens with zero attached hydrogens (tertiary/aromatic N) is 2. The molecule has 0 aliphatic rings. The van der Waals surface area contributed by atoms with Crippen molar-refractivity contribution in [3.63, 3.8) is 0 Å². The van der Waals surface area contributed by atoms with Crippen LogP contribution in [0.1, 0.15) is 37.6 Å². The van der Waals surface area contributed by atoms with Gasteiger partial charge in [0.25, 0.3) is 0 Å². The molecular weight excluding hydrogens is 266 g/mol. The topological polar surface area (TPSA) is 42.2 Å². The van der Waals surface area contributed by atoms with E-state index in [0.29, 0.717) is 0 Å². The molecule has 0 saturated carbocycles. The highest BCUT2D eigenvalue weighted by atomic mass is 32.1. The molecule has 2 aromatic rings. The molecule has 4 heteroatoms. The van der Waals surface area contributed by atoms with Gasteiger partial charge in [0, 0.05) is 30.9 Å². The fourth-order valence-electron chi connectivity index (χ4n) is 2.24. The first-order valence-electron chi connectivity index (χ1n) is 7.24. The Morgan fingerprint density at radius 3 is 2.65 bits per heavy atom. The lowest BCUT2D eigenvalue weighted by atomic mass is 10.0. The van der Waals surface area contributed by atoms with Crippen molar-refractivity contribution in [1.82, 2.24) is 4.98 Å². The molecule has 2 N–H and O–H groups in total. The van der Waals surface area contributed by atoms with Gasteiger partial charge in [-0.3, -0.25) is 0 Å². The summed E-state index contributed by atoms with van der Waals surface area (Å²) in [5, 5.41) is 3.25. The van der Waals surface area contributed by atoms with Gasteiger partial charge in [0.15, 0.2) is 5.13 Å². The quantitative estimate of drug-likeness (QED) is 0.846. The van der Waals surface area contributed by atoms with Gasteiger partial charge in [0.05, 0.1) is 5.69 Å². The van der Waals surface area contributed by atoms with Crippen molar-refractivity contribution in [2.45, 2.75) is 32.7 Å². The fraction of sp³-hybridized carbons (Fsp3) is 0.438. The minimum Gasteiger partial charge on any atom is -0.348 e. The van der Waals surface area contributed by atoms with Gasteiger partial charge in [-0.1, -0.05) is 37.3 Å². The largest absolute Gasteiger partial charge is 0.348 e. The van der Waals surface area contributed by atoms with Crippen molar-refractivity contribution in [3.8, 4) is 0 Å². The van der Waals surface area contributed by atoms with Gasteiger partial charge in [-0.05, 0) is 18.9 Å². The summed E-state index contributed by atoms with van der Waals surface area (Å²) >= 11 is 1.72. The average Bonchev–Trinajstić information content (AvgIpc) is 2.94. The molecule has 1 aromatic carbocycles. The number of anilines is 1. The molecule has 0 aliphatic heterocycles. The SMILES string of the molecule is CCCN(CC)c1nc(CC(N)c2ccccc2)cs1. The average molecular weight is 289 g/mol. The standard InChI is InChI=1S/C16H23N3S/c1-3-10-19(4-2)16-18-14(12-20-16)11-15(17)13-8-6-5-7-9-13/h5-9,12,15H,3-4,10-11,17H2,1-2H3. The summed E-state index contributed by atoms with van der Waals surface area (Å²) in [7, 11) is 0. The maximum Gasteiger partial charge on any atom is 0.185 e. The number of benzene rings is 1. The molecule has 0 fully saturated rings. The Kier molecular flexibility index (Phi) is 5.56. The van der Waals surface area contributed by atoms with Crippen molar-refractivity contribution in [3.05, 3.63) is 47.0 Å². The van der Waals surface area contributed by atoms with Gasteiger partial charge >= 0.3 is 0 Å². The summed E-state index contributed by atoms with van der Waals surface area (Å²) < 4.78 is 0. The van der Waals surface area contributed by atoms with Crippen LogP contribution in [-0.4, -0.2) is 18.1 Å². The molecule has 0 aliphatic carbocycles. The highest BCUT2D eigenvalue weighted by Crippen LogP contribution is 2.23. The second-order valence-corrected chi connectivity index (χ2v) is 5.76. The lowest BCUT2D eigenvalue weighted by Gasteiger charge is -2.18. The minimum absolute atomic E-state index is 0.0207. The van der Waals surface area contributed by atoms with Gasteiger partial charge in [0.2, 0.25) is 0 Å². The van der Waals surface area contributed by atoms with Gasteiger partial charge in [-0.2, -0.15) is 0 Å². The predicted octanol–water partition coefficient (Wildman–Crippen LogP) is 3.62. The van der Waals surface area contributed by atoms with E-state index in [1.165, 1.54) is 5.56 Å². The monoisotopic (exact) mass is 289 g/mol. The van der Waals surface area contributed by atoms with Crippen LogP contribution in [-0.2, 0) is 6.42 Å². The highest BCUT2D eigenvalue weighted by Gasteiger charge is 2.12. The lowest BCUT2D eigenvalue weighted by Crippen LogP contribution is -2.23. The van der Waals surface area contributed by atoms with Crippen LogP contribution in [0, 0.1) is 0 Å². The third-order valence-electron chi connectivity index (χ3n) is 3.34. The first-order chi connectivity index (χ1) is 9.74. The Balaban J connectivity index is 2.02. The Labute approximate surface area is 125 Å².